The summed E-state index contributed by atoms with van der Waals surface area (Å²) in [6.45, 7) is 15.1. The van der Waals surface area contributed by atoms with Crippen LogP contribution >= 0.6 is 0 Å². The minimum atomic E-state index is -0.178. The number of epoxide rings is 1. The predicted molar refractivity (Wildman–Crippen MR) is 153 cm³/mol. The van der Waals surface area contributed by atoms with E-state index in [9.17, 15) is 4.79 Å². The van der Waals surface area contributed by atoms with Crippen LogP contribution < -0.4 is 0 Å². The fraction of sp³-hybridized carbons (Fsp3) is 0.800. The van der Waals surface area contributed by atoms with Crippen LogP contribution in [0, 0.1) is 52.3 Å². The van der Waals surface area contributed by atoms with Gasteiger partial charge in [0.2, 0.25) is 0 Å². The van der Waals surface area contributed by atoms with Crippen molar-refractivity contribution in [2.24, 2.45) is 52.3 Å². The van der Waals surface area contributed by atoms with Crippen molar-refractivity contribution in [3.05, 3.63) is 35.9 Å². The van der Waals surface area contributed by atoms with Crippen LogP contribution in [0.15, 0.2) is 30.3 Å². The van der Waals surface area contributed by atoms with Crippen molar-refractivity contribution in [2.75, 3.05) is 0 Å². The molecule has 210 valence electrons. The Kier molecular flexibility index (Phi) is 6.81. The van der Waals surface area contributed by atoms with Gasteiger partial charge in [0.05, 0.1) is 11.7 Å². The van der Waals surface area contributed by atoms with Crippen LogP contribution in [0.25, 0.3) is 0 Å². The maximum Gasteiger partial charge on any atom is 0.338 e. The van der Waals surface area contributed by atoms with Gasteiger partial charge in [-0.3, -0.25) is 0 Å². The molecule has 1 aromatic rings. The Bertz CT molecular complexity index is 1020. The van der Waals surface area contributed by atoms with Gasteiger partial charge in [0.1, 0.15) is 11.7 Å². The number of fused-ring (bicyclic) bond motifs is 4. The standard InChI is InChI=1S/C35H52O3/c1-22(2)11-10-12-23(3)27-15-16-28-30-24(4)31-35(38-31)21-26(37-32(36)25-13-8-7-9-14-25)17-20-34(35,6)29(30)18-19-33(27,28)5/h7-9,13-14,22-24,26-31H,10-12,15-21H2,1-6H3/t23-,24+,26-,27+,28-,29-,30-,31-,33+,34+,35-/m0/s1. The van der Waals surface area contributed by atoms with E-state index < -0.39 is 0 Å². The second-order valence-corrected chi connectivity index (χ2v) is 15.2. The first-order valence-corrected chi connectivity index (χ1v) is 16.0. The molecule has 1 aliphatic heterocycles. The number of carbonyl (C=O) groups excluding carboxylic acids is 1. The van der Waals surface area contributed by atoms with Crippen LogP contribution in [-0.2, 0) is 9.47 Å². The summed E-state index contributed by atoms with van der Waals surface area (Å²) in [5.74, 6) is 5.37. The molecular formula is C35H52O3. The number of ether oxygens (including phenoxy) is 2. The summed E-state index contributed by atoms with van der Waals surface area (Å²) in [4.78, 5) is 12.8. The molecule has 6 rings (SSSR count). The molecule has 1 spiro atoms. The summed E-state index contributed by atoms with van der Waals surface area (Å²) >= 11 is 0. The highest BCUT2D eigenvalue weighted by atomic mass is 16.6. The fourth-order valence-electron chi connectivity index (χ4n) is 11.0. The zero-order valence-corrected chi connectivity index (χ0v) is 24.9. The molecule has 0 bridgehead atoms. The van der Waals surface area contributed by atoms with Crippen LogP contribution in [0.1, 0.15) is 116 Å². The fourth-order valence-corrected chi connectivity index (χ4v) is 11.0. The Morgan fingerprint density at radius 1 is 1.00 bits per heavy atom. The lowest BCUT2D eigenvalue weighted by atomic mass is 9.42. The quantitative estimate of drug-likeness (QED) is 0.266. The largest absolute Gasteiger partial charge is 0.459 e. The number of hydrogen-bond donors (Lipinski definition) is 0. The first kappa shape index (κ1) is 26.9. The first-order valence-electron chi connectivity index (χ1n) is 16.0. The predicted octanol–water partition coefficient (Wildman–Crippen LogP) is 8.71. The van der Waals surface area contributed by atoms with Crippen molar-refractivity contribution < 1.29 is 14.3 Å². The number of hydrogen-bond acceptors (Lipinski definition) is 3. The van der Waals surface area contributed by atoms with Gasteiger partial charge >= 0.3 is 5.97 Å². The molecule has 4 aliphatic carbocycles. The molecule has 0 radical (unpaired) electrons. The van der Waals surface area contributed by atoms with Crippen LogP contribution in [-0.4, -0.2) is 23.8 Å². The Hall–Kier alpha value is -1.35. The van der Waals surface area contributed by atoms with E-state index in [1.807, 2.05) is 30.3 Å². The van der Waals surface area contributed by atoms with Crippen LogP contribution in [0.3, 0.4) is 0 Å². The van der Waals surface area contributed by atoms with E-state index in [1.54, 1.807) is 0 Å². The van der Waals surface area contributed by atoms with Gasteiger partial charge in [-0.2, -0.15) is 0 Å². The van der Waals surface area contributed by atoms with E-state index in [1.165, 1.54) is 44.9 Å². The van der Waals surface area contributed by atoms with Gasteiger partial charge in [0.15, 0.2) is 0 Å². The Morgan fingerprint density at radius 3 is 2.50 bits per heavy atom. The van der Waals surface area contributed by atoms with Gasteiger partial charge in [0.25, 0.3) is 0 Å². The molecule has 1 heterocycles. The highest BCUT2D eigenvalue weighted by Gasteiger charge is 2.78. The van der Waals surface area contributed by atoms with Crippen LogP contribution in [0.4, 0.5) is 0 Å². The van der Waals surface area contributed by atoms with Crippen molar-refractivity contribution in [3.8, 4) is 0 Å². The Morgan fingerprint density at radius 2 is 1.76 bits per heavy atom. The van der Waals surface area contributed by atoms with Gasteiger partial charge in [0, 0.05) is 11.8 Å². The van der Waals surface area contributed by atoms with Crippen molar-refractivity contribution >= 4 is 5.97 Å². The molecule has 4 saturated carbocycles. The molecule has 0 N–H and O–H groups in total. The maximum absolute atomic E-state index is 12.8. The molecule has 5 fully saturated rings. The maximum atomic E-state index is 12.8. The minimum absolute atomic E-state index is 0.0269. The van der Waals surface area contributed by atoms with Gasteiger partial charge < -0.3 is 9.47 Å². The van der Waals surface area contributed by atoms with Crippen molar-refractivity contribution in [1.82, 2.24) is 0 Å². The zero-order chi connectivity index (χ0) is 26.9. The highest BCUT2D eigenvalue weighted by molar-refractivity contribution is 5.89. The van der Waals surface area contributed by atoms with E-state index in [4.69, 9.17) is 9.47 Å². The summed E-state index contributed by atoms with van der Waals surface area (Å²) in [6.07, 6.45) is 13.1. The minimum Gasteiger partial charge on any atom is -0.459 e. The molecule has 38 heavy (non-hydrogen) atoms. The lowest BCUT2D eigenvalue weighted by molar-refractivity contribution is -0.132. The van der Waals surface area contributed by atoms with E-state index in [0.29, 0.717) is 23.0 Å². The first-order chi connectivity index (χ1) is 18.1. The number of esters is 1. The van der Waals surface area contributed by atoms with Crippen molar-refractivity contribution in [1.29, 1.82) is 0 Å². The lowest BCUT2D eigenvalue weighted by Crippen LogP contribution is -2.61. The normalized spacial score (nSPS) is 45.9. The number of carbonyl (C=O) groups is 1. The van der Waals surface area contributed by atoms with Gasteiger partial charge in [-0.15, -0.1) is 0 Å². The van der Waals surface area contributed by atoms with E-state index in [0.717, 1.165) is 54.8 Å². The Balaban J connectivity index is 1.17. The second-order valence-electron chi connectivity index (χ2n) is 15.2. The summed E-state index contributed by atoms with van der Waals surface area (Å²) in [5.41, 5.74) is 1.29. The van der Waals surface area contributed by atoms with Crippen LogP contribution in [0.2, 0.25) is 0 Å². The Labute approximate surface area is 231 Å². The third-order valence-electron chi connectivity index (χ3n) is 12.9. The number of benzene rings is 1. The molecule has 0 aromatic heterocycles. The molecular weight excluding hydrogens is 468 g/mol. The molecule has 3 nitrogen and oxygen atoms in total. The monoisotopic (exact) mass is 520 g/mol. The zero-order valence-electron chi connectivity index (χ0n) is 24.9. The molecule has 0 amide bonds. The number of rotatable bonds is 7. The molecule has 5 aliphatic rings. The highest BCUT2D eigenvalue weighted by Crippen LogP contribution is 2.75. The average Bonchev–Trinajstić information content (AvgIpc) is 3.51. The second kappa shape index (κ2) is 9.64. The summed E-state index contributed by atoms with van der Waals surface area (Å²) in [5, 5.41) is 0. The van der Waals surface area contributed by atoms with E-state index in [-0.39, 0.29) is 23.1 Å². The van der Waals surface area contributed by atoms with Gasteiger partial charge in [-0.1, -0.05) is 79.0 Å². The van der Waals surface area contributed by atoms with Crippen molar-refractivity contribution in [2.45, 2.75) is 124 Å². The summed E-state index contributed by atoms with van der Waals surface area (Å²) in [6, 6.07) is 9.48. The summed E-state index contributed by atoms with van der Waals surface area (Å²) in [7, 11) is 0. The van der Waals surface area contributed by atoms with Gasteiger partial charge in [-0.05, 0) is 97.5 Å². The molecule has 1 aromatic carbocycles. The van der Waals surface area contributed by atoms with Gasteiger partial charge in [-0.25, -0.2) is 4.79 Å². The van der Waals surface area contributed by atoms with E-state index >= 15 is 0 Å². The van der Waals surface area contributed by atoms with E-state index in [2.05, 4.69) is 41.5 Å². The third kappa shape index (κ3) is 4.03. The molecule has 11 atom stereocenters. The molecule has 0 unspecified atom stereocenters. The topological polar surface area (TPSA) is 38.8 Å². The third-order valence-corrected chi connectivity index (χ3v) is 12.9. The van der Waals surface area contributed by atoms with Crippen molar-refractivity contribution in [3.63, 3.8) is 0 Å². The molecule has 1 saturated heterocycles. The SMILES string of the molecule is CC(C)CCC[C@H](C)[C@H]1CC[C@H]2[C@@H]3[C@@H](C)[C@@H]4O[C@@]45C[C@@H](OC(=O)c4ccccc4)CC[C@]5(C)[C@H]3CC[C@]12C. The summed E-state index contributed by atoms with van der Waals surface area (Å²) < 4.78 is 12.9. The molecule has 3 heteroatoms. The lowest BCUT2D eigenvalue weighted by Gasteiger charge is -2.61. The average molecular weight is 521 g/mol. The smallest absolute Gasteiger partial charge is 0.338 e. The van der Waals surface area contributed by atoms with Crippen LogP contribution in [0.5, 0.6) is 0 Å².